The summed E-state index contributed by atoms with van der Waals surface area (Å²) in [6, 6.07) is 0. The van der Waals surface area contributed by atoms with Gasteiger partial charge in [0.2, 0.25) is 0 Å². The Labute approximate surface area is 179 Å². The van der Waals surface area contributed by atoms with Crippen LogP contribution in [0, 0.1) is 52.3 Å². The van der Waals surface area contributed by atoms with Gasteiger partial charge in [-0.05, 0) is 96.9 Å². The Morgan fingerprint density at radius 3 is 2.59 bits per heavy atom. The van der Waals surface area contributed by atoms with Crippen molar-refractivity contribution in [3.63, 3.8) is 0 Å². The first-order chi connectivity index (χ1) is 13.8. The number of allylic oxidation sites excluding steroid dienone is 1. The van der Waals surface area contributed by atoms with Crippen molar-refractivity contribution in [1.82, 2.24) is 0 Å². The van der Waals surface area contributed by atoms with E-state index in [9.17, 15) is 4.79 Å². The van der Waals surface area contributed by atoms with E-state index in [1.807, 2.05) is 0 Å². The Bertz CT molecular complexity index is 636. The van der Waals surface area contributed by atoms with Crippen molar-refractivity contribution in [2.45, 2.75) is 98.8 Å². The van der Waals surface area contributed by atoms with Crippen LogP contribution in [-0.2, 0) is 9.53 Å². The van der Waals surface area contributed by atoms with Gasteiger partial charge in [-0.3, -0.25) is 4.79 Å². The van der Waals surface area contributed by atoms with Crippen LogP contribution in [0.15, 0.2) is 12.3 Å². The second-order valence-electron chi connectivity index (χ2n) is 12.0. The summed E-state index contributed by atoms with van der Waals surface area (Å²) in [7, 11) is 0. The van der Waals surface area contributed by atoms with Gasteiger partial charge in [0.05, 0.1) is 6.26 Å². The summed E-state index contributed by atoms with van der Waals surface area (Å²) in [5, 5.41) is 0. The normalized spacial score (nSPS) is 45.2. The molecule has 0 amide bonds. The SMILES string of the molecule is CC(C)CCC[C@@H](C)[C@H]1CC[C@H]2[C@@H]3CC[C@H]4CC(=O)OC=C[C@]4(C)[C@H]3CC[C@]12C. The van der Waals surface area contributed by atoms with Gasteiger partial charge in [0.25, 0.3) is 0 Å². The lowest BCUT2D eigenvalue weighted by Gasteiger charge is -2.58. The predicted octanol–water partition coefficient (Wildman–Crippen LogP) is 7.38. The van der Waals surface area contributed by atoms with E-state index in [0.29, 0.717) is 17.8 Å². The van der Waals surface area contributed by atoms with Gasteiger partial charge in [0, 0.05) is 6.42 Å². The molecule has 8 atom stereocenters. The van der Waals surface area contributed by atoms with E-state index >= 15 is 0 Å². The zero-order chi connectivity index (χ0) is 20.8. The molecule has 0 bridgehead atoms. The van der Waals surface area contributed by atoms with Crippen LogP contribution in [0.25, 0.3) is 0 Å². The van der Waals surface area contributed by atoms with Crippen LogP contribution < -0.4 is 0 Å². The summed E-state index contributed by atoms with van der Waals surface area (Å²) >= 11 is 0. The van der Waals surface area contributed by atoms with E-state index in [4.69, 9.17) is 4.74 Å². The molecule has 2 nitrogen and oxygen atoms in total. The second-order valence-corrected chi connectivity index (χ2v) is 12.0. The molecule has 0 aromatic carbocycles. The van der Waals surface area contributed by atoms with Gasteiger partial charge in [-0.2, -0.15) is 0 Å². The van der Waals surface area contributed by atoms with Crippen LogP contribution in [-0.4, -0.2) is 5.97 Å². The molecule has 2 heteroatoms. The first kappa shape index (κ1) is 21.4. The van der Waals surface area contributed by atoms with Gasteiger partial charge in [-0.15, -0.1) is 0 Å². The van der Waals surface area contributed by atoms with Crippen LogP contribution >= 0.6 is 0 Å². The number of carbonyl (C=O) groups excluding carboxylic acids is 1. The highest BCUT2D eigenvalue weighted by atomic mass is 16.5. The van der Waals surface area contributed by atoms with Gasteiger partial charge in [0.1, 0.15) is 0 Å². The first-order valence-electron chi connectivity index (χ1n) is 12.6. The molecule has 0 saturated heterocycles. The fraction of sp³-hybridized carbons (Fsp3) is 0.889. The third-order valence-electron chi connectivity index (χ3n) is 10.2. The number of rotatable bonds is 5. The fourth-order valence-electron chi connectivity index (χ4n) is 8.58. The lowest BCUT2D eigenvalue weighted by Crippen LogP contribution is -2.51. The molecule has 0 N–H and O–H groups in total. The van der Waals surface area contributed by atoms with E-state index in [2.05, 4.69) is 40.7 Å². The molecule has 4 rings (SSSR count). The number of carbonyl (C=O) groups is 1. The molecule has 3 saturated carbocycles. The van der Waals surface area contributed by atoms with Crippen molar-refractivity contribution in [3.05, 3.63) is 12.3 Å². The van der Waals surface area contributed by atoms with E-state index in [-0.39, 0.29) is 11.4 Å². The quantitative estimate of drug-likeness (QED) is 0.450. The predicted molar refractivity (Wildman–Crippen MR) is 119 cm³/mol. The van der Waals surface area contributed by atoms with Crippen LogP contribution in [0.5, 0.6) is 0 Å². The molecule has 4 aliphatic rings. The van der Waals surface area contributed by atoms with Crippen molar-refractivity contribution in [1.29, 1.82) is 0 Å². The monoisotopic (exact) mass is 400 g/mol. The summed E-state index contributed by atoms with van der Waals surface area (Å²) in [5.41, 5.74) is 0.694. The van der Waals surface area contributed by atoms with Gasteiger partial charge in [0.15, 0.2) is 0 Å². The smallest absolute Gasteiger partial charge is 0.310 e. The van der Waals surface area contributed by atoms with Gasteiger partial charge < -0.3 is 4.74 Å². The van der Waals surface area contributed by atoms with Crippen molar-refractivity contribution < 1.29 is 9.53 Å². The minimum atomic E-state index is -0.0229. The van der Waals surface area contributed by atoms with E-state index in [0.717, 1.165) is 35.5 Å². The van der Waals surface area contributed by atoms with Gasteiger partial charge in [-0.25, -0.2) is 0 Å². The van der Waals surface area contributed by atoms with E-state index < -0.39 is 0 Å². The summed E-state index contributed by atoms with van der Waals surface area (Å²) in [6.45, 7) is 12.4. The minimum absolute atomic E-state index is 0.0229. The molecule has 1 heterocycles. The average Bonchev–Trinajstić information content (AvgIpc) is 2.92. The third kappa shape index (κ3) is 3.72. The summed E-state index contributed by atoms with van der Waals surface area (Å²) in [4.78, 5) is 12.0. The number of cyclic esters (lactones) is 1. The standard InChI is InChI=1S/C27H44O2/c1-18(2)7-6-8-19(3)22-11-12-23-21-10-9-20-17-25(28)29-16-15-26(20,4)24(21)13-14-27(22,23)5/h15-16,18-24H,6-14,17H2,1-5H3/t19-,20+,21+,22-,23+,24+,26+,27-/m1/s1. The number of hydrogen-bond donors (Lipinski definition) is 0. The Morgan fingerprint density at radius 1 is 1.03 bits per heavy atom. The van der Waals surface area contributed by atoms with Crippen LogP contribution in [0.4, 0.5) is 0 Å². The highest BCUT2D eigenvalue weighted by Crippen LogP contribution is 2.67. The second kappa shape index (κ2) is 8.04. The van der Waals surface area contributed by atoms with Gasteiger partial charge in [-0.1, -0.05) is 53.9 Å². The lowest BCUT2D eigenvalue weighted by molar-refractivity contribution is -0.141. The Balaban J connectivity index is 1.49. The van der Waals surface area contributed by atoms with E-state index in [1.54, 1.807) is 6.26 Å². The summed E-state index contributed by atoms with van der Waals surface area (Å²) in [6.07, 6.45) is 17.0. The molecular formula is C27H44O2. The number of esters is 1. The molecule has 3 aliphatic carbocycles. The Hall–Kier alpha value is -0.790. The molecule has 0 aromatic heterocycles. The highest BCUT2D eigenvalue weighted by Gasteiger charge is 2.59. The maximum absolute atomic E-state index is 12.0. The molecule has 164 valence electrons. The average molecular weight is 401 g/mol. The largest absolute Gasteiger partial charge is 0.435 e. The molecular weight excluding hydrogens is 356 g/mol. The topological polar surface area (TPSA) is 26.3 Å². The maximum Gasteiger partial charge on any atom is 0.310 e. The Morgan fingerprint density at radius 2 is 1.83 bits per heavy atom. The van der Waals surface area contributed by atoms with Gasteiger partial charge >= 0.3 is 5.97 Å². The lowest BCUT2D eigenvalue weighted by atomic mass is 9.46. The summed E-state index contributed by atoms with van der Waals surface area (Å²) < 4.78 is 5.33. The number of ether oxygens (including phenoxy) is 1. The number of hydrogen-bond acceptors (Lipinski definition) is 2. The third-order valence-corrected chi connectivity index (χ3v) is 10.2. The molecule has 0 aromatic rings. The molecule has 3 fully saturated rings. The van der Waals surface area contributed by atoms with Crippen molar-refractivity contribution in [3.8, 4) is 0 Å². The highest BCUT2D eigenvalue weighted by molar-refractivity contribution is 5.71. The maximum atomic E-state index is 12.0. The zero-order valence-electron chi connectivity index (χ0n) is 19.6. The van der Waals surface area contributed by atoms with Crippen LogP contribution in [0.3, 0.4) is 0 Å². The van der Waals surface area contributed by atoms with E-state index in [1.165, 1.54) is 57.8 Å². The van der Waals surface area contributed by atoms with Crippen molar-refractivity contribution in [2.24, 2.45) is 52.3 Å². The molecule has 0 radical (unpaired) electrons. The Kier molecular flexibility index (Phi) is 5.95. The molecule has 1 aliphatic heterocycles. The van der Waals surface area contributed by atoms with Crippen molar-refractivity contribution in [2.75, 3.05) is 0 Å². The molecule has 0 spiro atoms. The number of fused-ring (bicyclic) bond motifs is 5. The molecule has 29 heavy (non-hydrogen) atoms. The van der Waals surface area contributed by atoms with Crippen LogP contribution in [0.2, 0.25) is 0 Å². The first-order valence-corrected chi connectivity index (χ1v) is 12.6. The minimum Gasteiger partial charge on any atom is -0.435 e. The van der Waals surface area contributed by atoms with Crippen molar-refractivity contribution >= 4 is 5.97 Å². The fourth-order valence-corrected chi connectivity index (χ4v) is 8.58. The molecule has 0 unspecified atom stereocenters. The van der Waals surface area contributed by atoms with Crippen LogP contribution in [0.1, 0.15) is 98.8 Å². The summed E-state index contributed by atoms with van der Waals surface area (Å²) in [5.74, 6) is 5.56. The zero-order valence-corrected chi connectivity index (χ0v) is 19.6.